The fraction of sp³-hybridized carbons (Fsp3) is 0.273. The average Bonchev–Trinajstić information content (AvgIpc) is 2.85. The number of nitrogens with one attached hydrogen (secondary N) is 2. The lowest BCUT2D eigenvalue weighted by molar-refractivity contribution is 0.0690. The minimum Gasteiger partial charge on any atom is -0.477 e. The molecule has 2 heterocycles. The van der Waals surface area contributed by atoms with E-state index in [2.05, 4.69) is 20.6 Å². The number of nitrogens with zero attached hydrogens (tertiary/aromatic N) is 3. The third-order valence-corrected chi connectivity index (χ3v) is 2.79. The van der Waals surface area contributed by atoms with Crippen molar-refractivity contribution in [2.24, 2.45) is 7.05 Å². The van der Waals surface area contributed by atoms with Gasteiger partial charge < -0.3 is 10.4 Å². The van der Waals surface area contributed by atoms with E-state index in [9.17, 15) is 9.59 Å². The Morgan fingerprint density at radius 2 is 2.11 bits per heavy atom. The first-order valence-corrected chi connectivity index (χ1v) is 5.50. The van der Waals surface area contributed by atoms with Crippen LogP contribution >= 0.6 is 0 Å². The van der Waals surface area contributed by atoms with E-state index in [1.807, 2.05) is 0 Å². The molecule has 3 N–H and O–H groups in total. The van der Waals surface area contributed by atoms with Crippen LogP contribution in [0.25, 0.3) is 0 Å². The van der Waals surface area contributed by atoms with Crippen molar-refractivity contribution >= 4 is 17.7 Å². The molecule has 0 atom stereocenters. The highest BCUT2D eigenvalue weighted by molar-refractivity contribution is 6.05. The van der Waals surface area contributed by atoms with Gasteiger partial charge in [-0.3, -0.25) is 14.6 Å². The van der Waals surface area contributed by atoms with Crippen LogP contribution in [0.15, 0.2) is 6.07 Å². The number of H-pyrrole nitrogens is 1. The van der Waals surface area contributed by atoms with Crippen molar-refractivity contribution in [2.75, 3.05) is 5.32 Å². The second kappa shape index (κ2) is 4.56. The summed E-state index contributed by atoms with van der Waals surface area (Å²) in [6.45, 7) is 3.51. The summed E-state index contributed by atoms with van der Waals surface area (Å²) in [5, 5.41) is 21.4. The van der Waals surface area contributed by atoms with Crippen LogP contribution in [0.1, 0.15) is 32.2 Å². The van der Waals surface area contributed by atoms with Gasteiger partial charge in [0.2, 0.25) is 0 Å². The van der Waals surface area contributed by atoms with E-state index in [4.69, 9.17) is 5.11 Å². The molecule has 0 radical (unpaired) electrons. The molecule has 2 rings (SSSR count). The van der Waals surface area contributed by atoms with Gasteiger partial charge in [0.1, 0.15) is 5.69 Å². The summed E-state index contributed by atoms with van der Waals surface area (Å²) in [5.74, 6) is -1.35. The first-order chi connectivity index (χ1) is 8.90. The molecule has 2 aromatic heterocycles. The van der Waals surface area contributed by atoms with Gasteiger partial charge in [0, 0.05) is 18.8 Å². The van der Waals surface area contributed by atoms with Crippen molar-refractivity contribution < 1.29 is 14.7 Å². The highest BCUT2D eigenvalue weighted by Crippen LogP contribution is 2.14. The third kappa shape index (κ3) is 2.32. The molecule has 0 aromatic carbocycles. The molecular weight excluding hydrogens is 250 g/mol. The molecule has 0 saturated heterocycles. The van der Waals surface area contributed by atoms with E-state index in [1.54, 1.807) is 25.6 Å². The van der Waals surface area contributed by atoms with Gasteiger partial charge in [0.15, 0.2) is 5.82 Å². The van der Waals surface area contributed by atoms with E-state index in [0.29, 0.717) is 11.3 Å². The average molecular weight is 263 g/mol. The van der Waals surface area contributed by atoms with Crippen LogP contribution < -0.4 is 5.32 Å². The van der Waals surface area contributed by atoms with Crippen molar-refractivity contribution in [1.29, 1.82) is 0 Å². The zero-order valence-corrected chi connectivity index (χ0v) is 10.7. The molecule has 0 aliphatic carbocycles. The highest BCUT2D eigenvalue weighted by Gasteiger charge is 2.18. The molecule has 1 amide bonds. The highest BCUT2D eigenvalue weighted by atomic mass is 16.4. The number of carbonyl (C=O) groups is 2. The van der Waals surface area contributed by atoms with Gasteiger partial charge >= 0.3 is 5.97 Å². The van der Waals surface area contributed by atoms with E-state index in [0.717, 1.165) is 5.69 Å². The van der Waals surface area contributed by atoms with Gasteiger partial charge in [0.05, 0.1) is 11.3 Å². The molecule has 19 heavy (non-hydrogen) atoms. The number of carbonyl (C=O) groups excluding carboxylic acids is 1. The second-order valence-electron chi connectivity index (χ2n) is 4.10. The molecule has 0 aliphatic heterocycles. The molecule has 0 unspecified atom stereocenters. The van der Waals surface area contributed by atoms with Crippen LogP contribution in [0.4, 0.5) is 5.82 Å². The third-order valence-electron chi connectivity index (χ3n) is 2.79. The first kappa shape index (κ1) is 12.8. The molecule has 0 spiro atoms. The summed E-state index contributed by atoms with van der Waals surface area (Å²) in [6, 6.07) is 1.25. The zero-order valence-electron chi connectivity index (χ0n) is 10.7. The zero-order chi connectivity index (χ0) is 14.2. The summed E-state index contributed by atoms with van der Waals surface area (Å²) in [7, 11) is 1.75. The number of anilines is 1. The predicted octanol–water partition coefficient (Wildman–Crippen LogP) is 0.711. The smallest absolute Gasteiger partial charge is 0.353 e. The molecule has 0 fully saturated rings. The number of aryl methyl sites for hydroxylation is 2. The van der Waals surface area contributed by atoms with Gasteiger partial charge in [-0.25, -0.2) is 4.79 Å². The Morgan fingerprint density at radius 3 is 2.58 bits per heavy atom. The largest absolute Gasteiger partial charge is 0.477 e. The van der Waals surface area contributed by atoms with Gasteiger partial charge in [-0.2, -0.15) is 10.2 Å². The normalized spacial score (nSPS) is 10.5. The number of rotatable bonds is 3. The molecular formula is C11H13N5O3. The van der Waals surface area contributed by atoms with Gasteiger partial charge in [0.25, 0.3) is 5.91 Å². The Morgan fingerprint density at radius 1 is 1.42 bits per heavy atom. The number of aromatic nitrogens is 4. The fourth-order valence-corrected chi connectivity index (χ4v) is 1.78. The maximum Gasteiger partial charge on any atom is 0.353 e. The molecule has 100 valence electrons. The molecule has 0 saturated carbocycles. The van der Waals surface area contributed by atoms with Gasteiger partial charge in [-0.15, -0.1) is 0 Å². The van der Waals surface area contributed by atoms with Gasteiger partial charge in [-0.1, -0.05) is 0 Å². The molecule has 2 aromatic rings. The Hall–Kier alpha value is -2.64. The fourth-order valence-electron chi connectivity index (χ4n) is 1.78. The lowest BCUT2D eigenvalue weighted by atomic mass is 10.2. The van der Waals surface area contributed by atoms with E-state index in [1.165, 1.54) is 6.07 Å². The number of aromatic carboxylic acids is 1. The Labute approximate surface area is 108 Å². The van der Waals surface area contributed by atoms with Crippen LogP contribution in [0, 0.1) is 13.8 Å². The number of amides is 1. The Bertz CT molecular complexity index is 655. The summed E-state index contributed by atoms with van der Waals surface area (Å²) in [6.07, 6.45) is 0. The van der Waals surface area contributed by atoms with Crippen LogP contribution in [-0.4, -0.2) is 37.0 Å². The quantitative estimate of drug-likeness (QED) is 0.754. The number of aromatic amines is 1. The maximum atomic E-state index is 12.1. The first-order valence-electron chi connectivity index (χ1n) is 5.50. The SMILES string of the molecule is Cc1nn(C)c(C)c1C(=O)Nc1cc(C(=O)O)[nH]n1. The minimum atomic E-state index is -1.14. The monoisotopic (exact) mass is 263 g/mol. The van der Waals surface area contributed by atoms with Gasteiger partial charge in [-0.05, 0) is 13.8 Å². The minimum absolute atomic E-state index is 0.0880. The summed E-state index contributed by atoms with van der Waals surface area (Å²) < 4.78 is 1.61. The lowest BCUT2D eigenvalue weighted by Gasteiger charge is -2.01. The van der Waals surface area contributed by atoms with Crippen molar-refractivity contribution in [3.8, 4) is 0 Å². The maximum absolute atomic E-state index is 12.1. The van der Waals surface area contributed by atoms with Crippen LogP contribution in [0.3, 0.4) is 0 Å². The van der Waals surface area contributed by atoms with Crippen molar-refractivity contribution in [1.82, 2.24) is 20.0 Å². The van der Waals surface area contributed by atoms with Crippen molar-refractivity contribution in [3.63, 3.8) is 0 Å². The molecule has 8 heteroatoms. The molecule has 0 aliphatic rings. The second-order valence-corrected chi connectivity index (χ2v) is 4.10. The van der Waals surface area contributed by atoms with Crippen LogP contribution in [0.5, 0.6) is 0 Å². The van der Waals surface area contributed by atoms with E-state index < -0.39 is 5.97 Å². The lowest BCUT2D eigenvalue weighted by Crippen LogP contribution is -2.14. The number of carboxylic acid groups (broad SMARTS) is 1. The van der Waals surface area contributed by atoms with Crippen molar-refractivity contribution in [2.45, 2.75) is 13.8 Å². The standard InChI is InChI=1S/C11H13N5O3/c1-5-9(6(2)16(3)15-5)10(17)12-8-4-7(11(18)19)13-14-8/h4H,1-3H3,(H,18,19)(H2,12,13,14,17). The summed E-state index contributed by atoms with van der Waals surface area (Å²) >= 11 is 0. The number of carboxylic acids is 1. The molecule has 8 nitrogen and oxygen atoms in total. The summed E-state index contributed by atoms with van der Waals surface area (Å²) in [5.41, 5.74) is 1.70. The summed E-state index contributed by atoms with van der Waals surface area (Å²) in [4.78, 5) is 22.8. The van der Waals surface area contributed by atoms with E-state index in [-0.39, 0.29) is 17.4 Å². The van der Waals surface area contributed by atoms with Crippen LogP contribution in [-0.2, 0) is 7.05 Å². The number of hydrogen-bond donors (Lipinski definition) is 3. The van der Waals surface area contributed by atoms with E-state index >= 15 is 0 Å². The number of hydrogen-bond acceptors (Lipinski definition) is 4. The molecule has 0 bridgehead atoms. The Kier molecular flexibility index (Phi) is 3.07. The van der Waals surface area contributed by atoms with Crippen molar-refractivity contribution in [3.05, 3.63) is 28.7 Å². The topological polar surface area (TPSA) is 113 Å². The Balaban J connectivity index is 2.23. The van der Waals surface area contributed by atoms with Crippen LogP contribution in [0.2, 0.25) is 0 Å². The predicted molar refractivity (Wildman–Crippen MR) is 66.2 cm³/mol.